The van der Waals surface area contributed by atoms with Gasteiger partial charge >= 0.3 is 0 Å². The van der Waals surface area contributed by atoms with Crippen LogP contribution in [0.25, 0.3) is 10.9 Å². The number of nitriles is 1. The molecule has 3 heteroatoms. The molecule has 3 rings (SSSR count). The van der Waals surface area contributed by atoms with Gasteiger partial charge in [-0.25, -0.2) is 4.98 Å². The fourth-order valence-corrected chi connectivity index (χ4v) is 2.79. The van der Waals surface area contributed by atoms with E-state index in [1.54, 1.807) is 0 Å². The molecule has 0 bridgehead atoms. The van der Waals surface area contributed by atoms with Crippen molar-refractivity contribution in [2.24, 2.45) is 5.92 Å². The van der Waals surface area contributed by atoms with Gasteiger partial charge < -0.3 is 4.90 Å². The van der Waals surface area contributed by atoms with Crippen molar-refractivity contribution in [1.82, 2.24) is 4.98 Å². The summed E-state index contributed by atoms with van der Waals surface area (Å²) in [6.07, 6.45) is 2.45. The summed E-state index contributed by atoms with van der Waals surface area (Å²) >= 11 is 0. The average Bonchev–Trinajstić information content (AvgIpc) is 2.95. The standard InChI is InChI=1S/C16H17N3/c1-2-12-7-8-19(11-12)16-9-13(10-17)14-5-3-4-6-15(14)18-16/h3-6,9,12H,2,7-8,11H2,1H3. The van der Waals surface area contributed by atoms with Crippen LogP contribution in [0.4, 0.5) is 5.82 Å². The molecule has 1 aromatic heterocycles. The van der Waals surface area contributed by atoms with Gasteiger partial charge in [0.1, 0.15) is 5.82 Å². The largest absolute Gasteiger partial charge is 0.356 e. The first-order valence-corrected chi connectivity index (χ1v) is 6.86. The highest BCUT2D eigenvalue weighted by Crippen LogP contribution is 2.27. The van der Waals surface area contributed by atoms with Crippen molar-refractivity contribution in [3.05, 3.63) is 35.9 Å². The number of fused-ring (bicyclic) bond motifs is 1. The minimum Gasteiger partial charge on any atom is -0.356 e. The summed E-state index contributed by atoms with van der Waals surface area (Å²) in [5.74, 6) is 1.71. The maximum Gasteiger partial charge on any atom is 0.130 e. The van der Waals surface area contributed by atoms with E-state index in [0.29, 0.717) is 0 Å². The number of para-hydroxylation sites is 1. The first-order valence-electron chi connectivity index (χ1n) is 6.86. The predicted molar refractivity (Wildman–Crippen MR) is 77.1 cm³/mol. The number of benzene rings is 1. The highest BCUT2D eigenvalue weighted by molar-refractivity contribution is 5.86. The Morgan fingerprint density at radius 2 is 2.26 bits per heavy atom. The zero-order valence-electron chi connectivity index (χ0n) is 11.1. The molecule has 19 heavy (non-hydrogen) atoms. The summed E-state index contributed by atoms with van der Waals surface area (Å²) in [5, 5.41) is 10.2. The monoisotopic (exact) mass is 251 g/mol. The van der Waals surface area contributed by atoms with E-state index in [1.807, 2.05) is 30.3 Å². The molecule has 1 fully saturated rings. The highest BCUT2D eigenvalue weighted by Gasteiger charge is 2.22. The van der Waals surface area contributed by atoms with E-state index < -0.39 is 0 Å². The molecular weight excluding hydrogens is 234 g/mol. The third-order valence-corrected chi connectivity index (χ3v) is 4.01. The Morgan fingerprint density at radius 3 is 3.00 bits per heavy atom. The number of hydrogen-bond acceptors (Lipinski definition) is 3. The van der Waals surface area contributed by atoms with Gasteiger partial charge in [-0.15, -0.1) is 0 Å². The number of rotatable bonds is 2. The third kappa shape index (κ3) is 2.15. The van der Waals surface area contributed by atoms with E-state index in [2.05, 4.69) is 17.9 Å². The number of pyridine rings is 1. The van der Waals surface area contributed by atoms with Gasteiger partial charge in [0.15, 0.2) is 0 Å². The Balaban J connectivity index is 2.04. The zero-order valence-corrected chi connectivity index (χ0v) is 11.1. The van der Waals surface area contributed by atoms with Crippen LogP contribution < -0.4 is 4.90 Å². The van der Waals surface area contributed by atoms with E-state index in [1.165, 1.54) is 12.8 Å². The van der Waals surface area contributed by atoms with Crippen LogP contribution in [0.5, 0.6) is 0 Å². The molecule has 0 aliphatic carbocycles. The highest BCUT2D eigenvalue weighted by atomic mass is 15.2. The molecule has 0 spiro atoms. The summed E-state index contributed by atoms with van der Waals surface area (Å²) in [5.41, 5.74) is 1.64. The summed E-state index contributed by atoms with van der Waals surface area (Å²) in [4.78, 5) is 7.02. The van der Waals surface area contributed by atoms with E-state index in [0.717, 1.165) is 41.3 Å². The second-order valence-electron chi connectivity index (χ2n) is 5.17. The Kier molecular flexibility index (Phi) is 3.08. The molecule has 1 aliphatic heterocycles. The van der Waals surface area contributed by atoms with Crippen molar-refractivity contribution in [3.63, 3.8) is 0 Å². The van der Waals surface area contributed by atoms with Crippen molar-refractivity contribution >= 4 is 16.7 Å². The molecule has 0 amide bonds. The molecule has 1 unspecified atom stereocenters. The number of anilines is 1. The van der Waals surface area contributed by atoms with Crippen LogP contribution in [0.1, 0.15) is 25.3 Å². The lowest BCUT2D eigenvalue weighted by atomic mass is 10.1. The lowest BCUT2D eigenvalue weighted by Gasteiger charge is -2.18. The Hall–Kier alpha value is -2.08. The Morgan fingerprint density at radius 1 is 1.42 bits per heavy atom. The van der Waals surface area contributed by atoms with E-state index in [9.17, 15) is 5.26 Å². The van der Waals surface area contributed by atoms with Crippen LogP contribution in [-0.2, 0) is 0 Å². The van der Waals surface area contributed by atoms with Crippen LogP contribution in [0.2, 0.25) is 0 Å². The topological polar surface area (TPSA) is 39.9 Å². The third-order valence-electron chi connectivity index (χ3n) is 4.01. The maximum absolute atomic E-state index is 9.30. The van der Waals surface area contributed by atoms with Gasteiger partial charge in [-0.3, -0.25) is 0 Å². The number of nitrogens with zero attached hydrogens (tertiary/aromatic N) is 3. The normalized spacial score (nSPS) is 18.7. The fourth-order valence-electron chi connectivity index (χ4n) is 2.79. The molecule has 1 aromatic carbocycles. The molecule has 0 saturated carbocycles. The molecule has 0 N–H and O–H groups in total. The maximum atomic E-state index is 9.30. The van der Waals surface area contributed by atoms with E-state index in [4.69, 9.17) is 4.98 Å². The SMILES string of the molecule is CCC1CCN(c2cc(C#N)c3ccccc3n2)C1. The summed E-state index contributed by atoms with van der Waals surface area (Å²) in [7, 11) is 0. The second-order valence-corrected chi connectivity index (χ2v) is 5.17. The van der Waals surface area contributed by atoms with Crippen molar-refractivity contribution in [2.75, 3.05) is 18.0 Å². The second kappa shape index (κ2) is 4.89. The van der Waals surface area contributed by atoms with Crippen LogP contribution in [0.15, 0.2) is 30.3 Å². The number of aromatic nitrogens is 1. The first-order chi connectivity index (χ1) is 9.31. The predicted octanol–water partition coefficient (Wildman–Crippen LogP) is 3.34. The quantitative estimate of drug-likeness (QED) is 0.821. The van der Waals surface area contributed by atoms with Crippen molar-refractivity contribution in [1.29, 1.82) is 5.26 Å². The van der Waals surface area contributed by atoms with Gasteiger partial charge in [-0.2, -0.15) is 5.26 Å². The molecule has 2 aromatic rings. The molecule has 0 radical (unpaired) electrons. The van der Waals surface area contributed by atoms with Gasteiger partial charge in [-0.05, 0) is 24.5 Å². The Labute approximate surface area is 113 Å². The molecule has 1 saturated heterocycles. The van der Waals surface area contributed by atoms with Gasteiger partial charge in [0.2, 0.25) is 0 Å². The summed E-state index contributed by atoms with van der Waals surface area (Å²) in [6, 6.07) is 12.1. The number of hydrogen-bond donors (Lipinski definition) is 0. The molecule has 96 valence electrons. The van der Waals surface area contributed by atoms with Crippen LogP contribution in [0.3, 0.4) is 0 Å². The summed E-state index contributed by atoms with van der Waals surface area (Å²) < 4.78 is 0. The van der Waals surface area contributed by atoms with Gasteiger partial charge in [0.05, 0.1) is 17.1 Å². The van der Waals surface area contributed by atoms with E-state index >= 15 is 0 Å². The van der Waals surface area contributed by atoms with Gasteiger partial charge in [0, 0.05) is 18.5 Å². The molecular formula is C16H17N3. The van der Waals surface area contributed by atoms with Crippen LogP contribution >= 0.6 is 0 Å². The Bertz CT molecular complexity index is 642. The minimum absolute atomic E-state index is 0.723. The van der Waals surface area contributed by atoms with Gasteiger partial charge in [-0.1, -0.05) is 31.5 Å². The fraction of sp³-hybridized carbons (Fsp3) is 0.375. The minimum atomic E-state index is 0.723. The van der Waals surface area contributed by atoms with Crippen LogP contribution in [-0.4, -0.2) is 18.1 Å². The van der Waals surface area contributed by atoms with E-state index in [-0.39, 0.29) is 0 Å². The first kappa shape index (κ1) is 12.0. The zero-order chi connectivity index (χ0) is 13.2. The lowest BCUT2D eigenvalue weighted by molar-refractivity contribution is 0.569. The average molecular weight is 251 g/mol. The van der Waals surface area contributed by atoms with Crippen molar-refractivity contribution in [2.45, 2.75) is 19.8 Å². The smallest absolute Gasteiger partial charge is 0.130 e. The van der Waals surface area contributed by atoms with Gasteiger partial charge in [0.25, 0.3) is 0 Å². The molecule has 1 atom stereocenters. The lowest BCUT2D eigenvalue weighted by Crippen LogP contribution is -2.20. The van der Waals surface area contributed by atoms with Crippen molar-refractivity contribution in [3.8, 4) is 6.07 Å². The van der Waals surface area contributed by atoms with Crippen LogP contribution in [0, 0.1) is 17.2 Å². The molecule has 3 nitrogen and oxygen atoms in total. The molecule has 1 aliphatic rings. The summed E-state index contributed by atoms with van der Waals surface area (Å²) in [6.45, 7) is 4.35. The van der Waals surface area contributed by atoms with Crippen molar-refractivity contribution < 1.29 is 0 Å². The molecule has 2 heterocycles.